The predicted octanol–water partition coefficient (Wildman–Crippen LogP) is 5.30. The Morgan fingerprint density at radius 1 is 1.27 bits per heavy atom. The molecule has 0 bridgehead atoms. The first-order valence-corrected chi connectivity index (χ1v) is 8.41. The van der Waals surface area contributed by atoms with Crippen LogP contribution in [0.5, 0.6) is 0 Å². The van der Waals surface area contributed by atoms with Gasteiger partial charge < -0.3 is 0 Å². The van der Waals surface area contributed by atoms with Gasteiger partial charge >= 0.3 is 0 Å². The maximum Gasteiger partial charge on any atom is 0.0991 e. The molecule has 1 saturated carbocycles. The van der Waals surface area contributed by atoms with Crippen molar-refractivity contribution >= 4 is 11.6 Å². The van der Waals surface area contributed by atoms with Crippen molar-refractivity contribution in [1.29, 1.82) is 10.5 Å². The molecule has 3 heteroatoms. The fraction of sp³-hybridized carbons (Fsp3) is 0.579. The summed E-state index contributed by atoms with van der Waals surface area (Å²) < 4.78 is 0. The monoisotopic (exact) mass is 314 g/mol. The first-order valence-electron chi connectivity index (χ1n) is 8.03. The SMILES string of the molecule is CCCC(CCC#N)C1C(c2cc(C)cc(C#N)c2)C1(C)Cl. The third-order valence-electron chi connectivity index (χ3n) is 4.89. The summed E-state index contributed by atoms with van der Waals surface area (Å²) in [6.07, 6.45) is 3.74. The number of alkyl halides is 1. The van der Waals surface area contributed by atoms with E-state index in [1.54, 1.807) is 0 Å². The summed E-state index contributed by atoms with van der Waals surface area (Å²) in [6, 6.07) is 10.5. The van der Waals surface area contributed by atoms with Crippen molar-refractivity contribution in [3.63, 3.8) is 0 Å². The first kappa shape index (κ1) is 16.9. The lowest BCUT2D eigenvalue weighted by molar-refractivity contribution is 0.383. The summed E-state index contributed by atoms with van der Waals surface area (Å²) in [5, 5.41) is 18.1. The second-order valence-electron chi connectivity index (χ2n) is 6.64. The fourth-order valence-electron chi connectivity index (χ4n) is 3.96. The minimum absolute atomic E-state index is 0.254. The summed E-state index contributed by atoms with van der Waals surface area (Å²) in [7, 11) is 0. The van der Waals surface area contributed by atoms with Gasteiger partial charge in [-0.2, -0.15) is 10.5 Å². The number of hydrogen-bond acceptors (Lipinski definition) is 2. The standard InChI is InChI=1S/C19H23ClN2/c1-4-6-15(7-5-8-21)17-18(19(17,3)20)16-10-13(2)9-14(11-16)12-22/h9-11,15,17-18H,4-7H2,1-3H3. The first-order chi connectivity index (χ1) is 10.5. The summed E-state index contributed by atoms with van der Waals surface area (Å²) in [5.74, 6) is 1.18. The highest BCUT2D eigenvalue weighted by Gasteiger charge is 2.63. The molecule has 1 aromatic rings. The molecule has 4 atom stereocenters. The molecule has 0 aromatic heterocycles. The van der Waals surface area contributed by atoms with Crippen LogP contribution >= 0.6 is 11.6 Å². The minimum Gasteiger partial charge on any atom is -0.198 e. The predicted molar refractivity (Wildman–Crippen MR) is 89.6 cm³/mol. The molecule has 1 aliphatic carbocycles. The van der Waals surface area contributed by atoms with E-state index in [0.29, 0.717) is 23.8 Å². The van der Waals surface area contributed by atoms with Crippen LogP contribution in [-0.2, 0) is 0 Å². The van der Waals surface area contributed by atoms with Gasteiger partial charge in [0, 0.05) is 12.3 Å². The quantitative estimate of drug-likeness (QED) is 0.669. The lowest BCUT2D eigenvalue weighted by Gasteiger charge is -2.15. The van der Waals surface area contributed by atoms with Crippen molar-refractivity contribution in [3.05, 3.63) is 34.9 Å². The smallest absolute Gasteiger partial charge is 0.0991 e. The zero-order valence-corrected chi connectivity index (χ0v) is 14.3. The van der Waals surface area contributed by atoms with E-state index in [-0.39, 0.29) is 10.8 Å². The van der Waals surface area contributed by atoms with Crippen LogP contribution in [0.3, 0.4) is 0 Å². The molecule has 2 rings (SSSR count). The van der Waals surface area contributed by atoms with Crippen LogP contribution in [0.25, 0.3) is 0 Å². The van der Waals surface area contributed by atoms with Crippen LogP contribution in [0.4, 0.5) is 0 Å². The number of benzene rings is 1. The molecule has 0 saturated heterocycles. The van der Waals surface area contributed by atoms with E-state index < -0.39 is 0 Å². The van der Waals surface area contributed by atoms with Crippen LogP contribution in [0.1, 0.15) is 62.1 Å². The van der Waals surface area contributed by atoms with E-state index in [4.69, 9.17) is 16.9 Å². The lowest BCUT2D eigenvalue weighted by Crippen LogP contribution is -2.08. The Bertz CT molecular complexity index is 621. The molecule has 1 aromatic carbocycles. The summed E-state index contributed by atoms with van der Waals surface area (Å²) in [6.45, 7) is 6.31. The molecule has 0 aliphatic heterocycles. The second kappa shape index (κ2) is 6.72. The van der Waals surface area contributed by atoms with E-state index in [1.807, 2.05) is 19.1 Å². The molecule has 116 valence electrons. The zero-order valence-electron chi connectivity index (χ0n) is 13.6. The molecule has 0 N–H and O–H groups in total. The summed E-state index contributed by atoms with van der Waals surface area (Å²) in [5.41, 5.74) is 2.99. The Labute approximate surface area is 138 Å². The molecule has 22 heavy (non-hydrogen) atoms. The van der Waals surface area contributed by atoms with Crippen LogP contribution in [0, 0.1) is 41.4 Å². The largest absolute Gasteiger partial charge is 0.198 e. The number of nitrogens with zero attached hydrogens (tertiary/aromatic N) is 2. The van der Waals surface area contributed by atoms with Crippen LogP contribution in [0.15, 0.2) is 18.2 Å². The minimum atomic E-state index is -0.254. The van der Waals surface area contributed by atoms with E-state index >= 15 is 0 Å². The van der Waals surface area contributed by atoms with Gasteiger partial charge in [0.1, 0.15) is 0 Å². The highest BCUT2D eigenvalue weighted by atomic mass is 35.5. The van der Waals surface area contributed by atoms with Gasteiger partial charge in [0.15, 0.2) is 0 Å². The maximum atomic E-state index is 9.18. The van der Waals surface area contributed by atoms with Gasteiger partial charge in [-0.25, -0.2) is 0 Å². The summed E-state index contributed by atoms with van der Waals surface area (Å²) >= 11 is 6.80. The van der Waals surface area contributed by atoms with Gasteiger partial charge in [-0.05, 0) is 55.4 Å². The summed E-state index contributed by atoms with van der Waals surface area (Å²) in [4.78, 5) is -0.254. The van der Waals surface area contributed by atoms with Crippen molar-refractivity contribution in [2.45, 2.75) is 57.2 Å². The van der Waals surface area contributed by atoms with E-state index in [2.05, 4.69) is 32.1 Å². The Kier molecular flexibility index (Phi) is 5.15. The highest BCUT2D eigenvalue weighted by Crippen LogP contribution is 2.66. The molecular weight excluding hydrogens is 292 g/mol. The van der Waals surface area contributed by atoms with Gasteiger partial charge in [-0.15, -0.1) is 11.6 Å². The van der Waals surface area contributed by atoms with Crippen molar-refractivity contribution < 1.29 is 0 Å². The number of halogens is 1. The number of aryl methyl sites for hydroxylation is 1. The molecule has 0 spiro atoms. The molecule has 2 nitrogen and oxygen atoms in total. The number of hydrogen-bond donors (Lipinski definition) is 0. The van der Waals surface area contributed by atoms with Gasteiger partial charge in [0.25, 0.3) is 0 Å². The third-order valence-corrected chi connectivity index (χ3v) is 5.38. The molecule has 1 aliphatic rings. The molecular formula is C19H23ClN2. The topological polar surface area (TPSA) is 47.6 Å². The van der Waals surface area contributed by atoms with Crippen molar-refractivity contribution in [2.24, 2.45) is 11.8 Å². The number of rotatable bonds is 6. The Morgan fingerprint density at radius 3 is 2.59 bits per heavy atom. The van der Waals surface area contributed by atoms with Gasteiger partial charge in [0.2, 0.25) is 0 Å². The second-order valence-corrected chi connectivity index (χ2v) is 7.46. The van der Waals surface area contributed by atoms with Crippen LogP contribution < -0.4 is 0 Å². The van der Waals surface area contributed by atoms with Gasteiger partial charge in [0.05, 0.1) is 22.6 Å². The lowest BCUT2D eigenvalue weighted by atomic mass is 9.90. The Balaban J connectivity index is 2.27. The highest BCUT2D eigenvalue weighted by molar-refractivity contribution is 6.27. The Hall–Kier alpha value is -1.51. The maximum absolute atomic E-state index is 9.18. The van der Waals surface area contributed by atoms with Crippen LogP contribution in [-0.4, -0.2) is 4.87 Å². The fourth-order valence-corrected chi connectivity index (χ4v) is 4.46. The molecule has 0 radical (unpaired) electrons. The molecule has 1 fully saturated rings. The van der Waals surface area contributed by atoms with E-state index in [1.165, 1.54) is 5.56 Å². The zero-order chi connectivity index (χ0) is 16.3. The van der Waals surface area contributed by atoms with Crippen molar-refractivity contribution in [3.8, 4) is 12.1 Å². The average molecular weight is 315 g/mol. The van der Waals surface area contributed by atoms with Gasteiger partial charge in [-0.3, -0.25) is 0 Å². The van der Waals surface area contributed by atoms with E-state index in [0.717, 1.165) is 24.8 Å². The molecule has 0 amide bonds. The van der Waals surface area contributed by atoms with Crippen LogP contribution in [0.2, 0.25) is 0 Å². The normalized spacial score (nSPS) is 27.7. The number of nitriles is 2. The van der Waals surface area contributed by atoms with Crippen molar-refractivity contribution in [1.82, 2.24) is 0 Å². The average Bonchev–Trinajstić information content (AvgIpc) is 3.05. The van der Waals surface area contributed by atoms with Crippen molar-refractivity contribution in [2.75, 3.05) is 0 Å². The van der Waals surface area contributed by atoms with E-state index in [9.17, 15) is 5.26 Å². The Morgan fingerprint density at radius 2 is 2.00 bits per heavy atom. The van der Waals surface area contributed by atoms with Gasteiger partial charge in [-0.1, -0.05) is 25.8 Å². The third kappa shape index (κ3) is 3.29. The molecule has 4 unspecified atom stereocenters. The molecule has 0 heterocycles.